The average molecular weight is 336 g/mol. The van der Waals surface area contributed by atoms with E-state index in [1.807, 2.05) is 0 Å². The molecule has 1 rings (SSSR count). The lowest BCUT2D eigenvalue weighted by molar-refractivity contribution is -0.140. The first-order chi connectivity index (χ1) is 11.5. The predicted molar refractivity (Wildman–Crippen MR) is 84.9 cm³/mol. The number of aldehydes is 1. The third kappa shape index (κ3) is 6.47. The van der Waals surface area contributed by atoms with Gasteiger partial charge in [0.1, 0.15) is 0 Å². The zero-order valence-electron chi connectivity index (χ0n) is 13.6. The van der Waals surface area contributed by atoms with Gasteiger partial charge >= 0.3 is 11.9 Å². The van der Waals surface area contributed by atoms with Gasteiger partial charge in [-0.15, -0.1) is 0 Å². The molecule has 1 aromatic rings. The minimum Gasteiger partial charge on any atom is -0.469 e. The molecule has 0 saturated carbocycles. The number of rotatable bonds is 9. The molecule has 1 aromatic heterocycles. The second-order valence-corrected chi connectivity index (χ2v) is 4.84. The predicted octanol–water partition coefficient (Wildman–Crippen LogP) is 0.986. The van der Waals surface area contributed by atoms with Gasteiger partial charge < -0.3 is 9.47 Å². The van der Waals surface area contributed by atoms with Crippen LogP contribution in [-0.2, 0) is 30.3 Å². The molecular formula is C16H20N2O6. The number of aryl methyl sites for hydroxylation is 1. The van der Waals surface area contributed by atoms with Crippen LogP contribution in [0.4, 0.5) is 0 Å². The van der Waals surface area contributed by atoms with Gasteiger partial charge in [0.2, 0.25) is 5.91 Å². The lowest BCUT2D eigenvalue weighted by Gasteiger charge is -2.04. The Morgan fingerprint density at radius 2 is 1.92 bits per heavy atom. The van der Waals surface area contributed by atoms with Crippen LogP contribution in [0.15, 0.2) is 24.5 Å². The van der Waals surface area contributed by atoms with Crippen LogP contribution in [-0.4, -0.2) is 43.0 Å². The van der Waals surface area contributed by atoms with E-state index in [1.54, 1.807) is 12.3 Å². The normalized spacial score (nSPS) is 10.4. The van der Waals surface area contributed by atoms with E-state index < -0.39 is 5.97 Å². The van der Waals surface area contributed by atoms with Crippen LogP contribution >= 0.6 is 0 Å². The third-order valence-corrected chi connectivity index (χ3v) is 3.14. The zero-order valence-corrected chi connectivity index (χ0v) is 13.6. The Morgan fingerprint density at radius 3 is 2.54 bits per heavy atom. The molecule has 130 valence electrons. The van der Waals surface area contributed by atoms with E-state index in [4.69, 9.17) is 0 Å². The van der Waals surface area contributed by atoms with Crippen molar-refractivity contribution >= 4 is 24.1 Å². The van der Waals surface area contributed by atoms with E-state index in [0.717, 1.165) is 0 Å². The van der Waals surface area contributed by atoms with Crippen molar-refractivity contribution in [3.63, 3.8) is 0 Å². The summed E-state index contributed by atoms with van der Waals surface area (Å²) in [4.78, 5) is 44.9. The van der Waals surface area contributed by atoms with Crippen molar-refractivity contribution < 1.29 is 28.7 Å². The first-order valence-electron chi connectivity index (χ1n) is 7.27. The lowest BCUT2D eigenvalue weighted by Crippen LogP contribution is -2.20. The molecule has 0 unspecified atom stereocenters. The number of esters is 2. The standard InChI is InChI=1S/C16H20N2O6/c1-23-15(21)6-4-3-5-14(20)17-18-9-12(13(10-18)11-19)7-8-16(22)24-2/h4,6,9-11H,3,5,7-8H2,1-2H3,(H,17,20)/b6-4-. The molecule has 0 saturated heterocycles. The van der Waals surface area contributed by atoms with Crippen molar-refractivity contribution in [1.82, 2.24) is 4.68 Å². The molecule has 0 fully saturated rings. The van der Waals surface area contributed by atoms with Gasteiger partial charge in [0.15, 0.2) is 6.29 Å². The number of ether oxygens (including phenoxy) is 2. The molecule has 8 heteroatoms. The van der Waals surface area contributed by atoms with Gasteiger partial charge in [-0.3, -0.25) is 24.5 Å². The van der Waals surface area contributed by atoms with Gasteiger partial charge in [0.25, 0.3) is 0 Å². The summed E-state index contributed by atoms with van der Waals surface area (Å²) in [6.07, 6.45) is 7.53. The van der Waals surface area contributed by atoms with Gasteiger partial charge in [0, 0.05) is 36.9 Å². The largest absolute Gasteiger partial charge is 0.469 e. The van der Waals surface area contributed by atoms with Gasteiger partial charge in [-0.05, 0) is 18.4 Å². The highest BCUT2D eigenvalue weighted by Gasteiger charge is 2.10. The number of allylic oxidation sites excluding steroid dienone is 1. The molecule has 1 N–H and O–H groups in total. The molecule has 24 heavy (non-hydrogen) atoms. The Balaban J connectivity index is 2.55. The second kappa shape index (κ2) is 9.98. The molecule has 8 nitrogen and oxygen atoms in total. The fourth-order valence-corrected chi connectivity index (χ4v) is 1.89. The number of nitrogens with zero attached hydrogens (tertiary/aromatic N) is 1. The van der Waals surface area contributed by atoms with Gasteiger partial charge in [-0.2, -0.15) is 0 Å². The highest BCUT2D eigenvalue weighted by molar-refractivity contribution is 5.85. The molecule has 1 heterocycles. The fraction of sp³-hybridized carbons (Fsp3) is 0.375. The molecule has 0 bridgehead atoms. The van der Waals surface area contributed by atoms with Gasteiger partial charge in [0.05, 0.1) is 14.2 Å². The quantitative estimate of drug-likeness (QED) is 0.410. The Morgan fingerprint density at radius 1 is 1.17 bits per heavy atom. The zero-order chi connectivity index (χ0) is 17.9. The smallest absolute Gasteiger partial charge is 0.330 e. The number of nitrogens with one attached hydrogen (secondary N) is 1. The molecule has 0 radical (unpaired) electrons. The second-order valence-electron chi connectivity index (χ2n) is 4.84. The summed E-state index contributed by atoms with van der Waals surface area (Å²) < 4.78 is 10.4. The highest BCUT2D eigenvalue weighted by Crippen LogP contribution is 2.11. The minimum absolute atomic E-state index is 0.146. The van der Waals surface area contributed by atoms with Crippen LogP contribution in [0.5, 0.6) is 0 Å². The Bertz CT molecular complexity index is 633. The fourth-order valence-electron chi connectivity index (χ4n) is 1.89. The molecule has 0 atom stereocenters. The summed E-state index contributed by atoms with van der Waals surface area (Å²) in [6, 6.07) is 0. The van der Waals surface area contributed by atoms with E-state index in [1.165, 1.54) is 31.2 Å². The first-order valence-corrected chi connectivity index (χ1v) is 7.27. The van der Waals surface area contributed by atoms with Crippen LogP contribution < -0.4 is 5.43 Å². The maximum absolute atomic E-state index is 11.8. The summed E-state index contributed by atoms with van der Waals surface area (Å²) in [7, 11) is 2.57. The molecule has 0 aliphatic rings. The molecule has 1 amide bonds. The average Bonchev–Trinajstić information content (AvgIpc) is 2.97. The number of amides is 1. The van der Waals surface area contributed by atoms with Crippen molar-refractivity contribution in [2.75, 3.05) is 19.6 Å². The molecule has 0 aliphatic heterocycles. The Kier molecular flexibility index (Phi) is 7.97. The molecule has 0 aromatic carbocycles. The van der Waals surface area contributed by atoms with Crippen molar-refractivity contribution in [3.05, 3.63) is 35.7 Å². The van der Waals surface area contributed by atoms with Crippen LogP contribution in [0, 0.1) is 0 Å². The number of methoxy groups -OCH3 is 2. The minimum atomic E-state index is -0.480. The van der Waals surface area contributed by atoms with E-state index in [9.17, 15) is 19.2 Å². The number of hydrogen-bond donors (Lipinski definition) is 1. The van der Waals surface area contributed by atoms with Crippen molar-refractivity contribution in [3.8, 4) is 0 Å². The van der Waals surface area contributed by atoms with E-state index >= 15 is 0 Å². The topological polar surface area (TPSA) is 104 Å². The Hall–Kier alpha value is -2.90. The molecular weight excluding hydrogens is 316 g/mol. The van der Waals surface area contributed by atoms with Crippen molar-refractivity contribution in [2.45, 2.75) is 25.7 Å². The monoisotopic (exact) mass is 336 g/mol. The van der Waals surface area contributed by atoms with E-state index in [-0.39, 0.29) is 24.7 Å². The summed E-state index contributed by atoms with van der Waals surface area (Å²) in [5, 5.41) is 0. The van der Waals surface area contributed by atoms with Gasteiger partial charge in [-0.25, -0.2) is 4.79 Å². The van der Waals surface area contributed by atoms with E-state index in [0.29, 0.717) is 30.3 Å². The molecule has 0 spiro atoms. The van der Waals surface area contributed by atoms with Crippen molar-refractivity contribution in [1.29, 1.82) is 0 Å². The number of hydrogen-bond acceptors (Lipinski definition) is 6. The van der Waals surface area contributed by atoms with Crippen LogP contribution in [0.2, 0.25) is 0 Å². The van der Waals surface area contributed by atoms with Crippen LogP contribution in [0.1, 0.15) is 35.2 Å². The van der Waals surface area contributed by atoms with Gasteiger partial charge in [-0.1, -0.05) is 6.08 Å². The maximum Gasteiger partial charge on any atom is 0.330 e. The number of carbonyl (C=O) groups excluding carboxylic acids is 4. The third-order valence-electron chi connectivity index (χ3n) is 3.14. The Labute approximate surface area is 139 Å². The summed E-state index contributed by atoms with van der Waals surface area (Å²) in [5.74, 6) is -1.13. The summed E-state index contributed by atoms with van der Waals surface area (Å²) >= 11 is 0. The van der Waals surface area contributed by atoms with Crippen molar-refractivity contribution in [2.24, 2.45) is 0 Å². The number of carbonyl (C=O) groups is 4. The SMILES string of the molecule is COC(=O)/C=C\CCC(=O)Nn1cc(C=O)c(CCC(=O)OC)c1. The van der Waals surface area contributed by atoms with E-state index in [2.05, 4.69) is 14.9 Å². The lowest BCUT2D eigenvalue weighted by atomic mass is 10.1. The summed E-state index contributed by atoms with van der Waals surface area (Å²) in [5.41, 5.74) is 3.63. The van der Waals surface area contributed by atoms with Crippen LogP contribution in [0.25, 0.3) is 0 Å². The highest BCUT2D eigenvalue weighted by atomic mass is 16.5. The number of aromatic nitrogens is 1. The summed E-state index contributed by atoms with van der Waals surface area (Å²) in [6.45, 7) is 0. The molecule has 0 aliphatic carbocycles. The maximum atomic E-state index is 11.8. The first kappa shape index (κ1) is 19.1. The van der Waals surface area contributed by atoms with Crippen LogP contribution in [0.3, 0.4) is 0 Å².